The van der Waals surface area contributed by atoms with E-state index in [4.69, 9.17) is 0 Å². The lowest BCUT2D eigenvalue weighted by Crippen LogP contribution is -2.63. The largest absolute Gasteiger partial charge is 0.321 e. The minimum absolute atomic E-state index is 0.282. The summed E-state index contributed by atoms with van der Waals surface area (Å²) in [4.78, 5) is 47.9. The SMILES string of the molecule is CNNC(=O)C(C)(C(=O)N=O)N(C)C(=O)c1ccc(I)cc1. The smallest absolute Gasteiger partial charge is 0.319 e. The molecule has 1 atom stereocenters. The molecule has 8 nitrogen and oxygen atoms in total. The molecule has 1 aromatic rings. The number of nitroso groups, excluding NO2 is 1. The average Bonchev–Trinajstić information content (AvgIpc) is 2.52. The topological polar surface area (TPSA) is 108 Å². The van der Waals surface area contributed by atoms with Crippen molar-refractivity contribution in [2.45, 2.75) is 12.5 Å². The summed E-state index contributed by atoms with van der Waals surface area (Å²) in [5.41, 5.74) is 2.78. The van der Waals surface area contributed by atoms with Crippen LogP contribution in [0.1, 0.15) is 17.3 Å². The van der Waals surface area contributed by atoms with Gasteiger partial charge in [0.05, 0.1) is 0 Å². The number of hydrogen-bond acceptors (Lipinski definition) is 5. The molecule has 0 aliphatic rings. The summed E-state index contributed by atoms with van der Waals surface area (Å²) >= 11 is 2.08. The van der Waals surface area contributed by atoms with E-state index in [-0.39, 0.29) is 5.56 Å². The highest BCUT2D eigenvalue weighted by Crippen LogP contribution is 2.19. The van der Waals surface area contributed by atoms with Gasteiger partial charge in [0, 0.05) is 28.4 Å². The van der Waals surface area contributed by atoms with Crippen molar-refractivity contribution in [2.24, 2.45) is 5.18 Å². The van der Waals surface area contributed by atoms with Crippen LogP contribution in [0, 0.1) is 8.48 Å². The van der Waals surface area contributed by atoms with E-state index in [0.29, 0.717) is 0 Å². The molecule has 3 amide bonds. The number of halogens is 1. The molecule has 0 heterocycles. The molecule has 2 N–H and O–H groups in total. The van der Waals surface area contributed by atoms with E-state index in [0.717, 1.165) is 15.4 Å². The van der Waals surface area contributed by atoms with E-state index in [9.17, 15) is 19.3 Å². The molecule has 0 aromatic heterocycles. The third-order valence-corrected chi connectivity index (χ3v) is 3.97. The van der Waals surface area contributed by atoms with Crippen LogP contribution < -0.4 is 10.9 Å². The standard InChI is InChI=1S/C13H15IN4O4/c1-13(12(21)17-22,11(20)16-15-2)18(3)10(19)8-4-6-9(14)7-5-8/h4-7,15H,1-3H3,(H,16,20). The summed E-state index contributed by atoms with van der Waals surface area (Å²) in [5.74, 6) is -2.70. The van der Waals surface area contributed by atoms with Crippen LogP contribution >= 0.6 is 22.6 Å². The Labute approximate surface area is 140 Å². The lowest BCUT2D eigenvalue weighted by molar-refractivity contribution is -0.141. The fourth-order valence-electron chi connectivity index (χ4n) is 1.71. The Morgan fingerprint density at radius 1 is 1.23 bits per heavy atom. The third kappa shape index (κ3) is 3.47. The van der Waals surface area contributed by atoms with Crippen LogP contribution in [0.5, 0.6) is 0 Å². The van der Waals surface area contributed by atoms with Crippen molar-refractivity contribution in [2.75, 3.05) is 14.1 Å². The van der Waals surface area contributed by atoms with Crippen LogP contribution in [0.2, 0.25) is 0 Å². The molecule has 1 unspecified atom stereocenters. The van der Waals surface area contributed by atoms with Crippen LogP contribution in [0.4, 0.5) is 0 Å². The van der Waals surface area contributed by atoms with Gasteiger partial charge in [-0.2, -0.15) is 0 Å². The zero-order valence-electron chi connectivity index (χ0n) is 12.2. The Morgan fingerprint density at radius 2 is 1.77 bits per heavy atom. The van der Waals surface area contributed by atoms with Crippen LogP contribution in [0.25, 0.3) is 0 Å². The van der Waals surface area contributed by atoms with E-state index in [1.165, 1.54) is 14.1 Å². The van der Waals surface area contributed by atoms with Gasteiger partial charge in [0.2, 0.25) is 5.54 Å². The second-order valence-electron chi connectivity index (χ2n) is 4.54. The van der Waals surface area contributed by atoms with E-state index in [2.05, 4.69) is 38.6 Å². The van der Waals surface area contributed by atoms with Crippen molar-refractivity contribution < 1.29 is 14.4 Å². The molecule has 9 heteroatoms. The molecule has 0 spiro atoms. The van der Waals surface area contributed by atoms with Gasteiger partial charge in [0.15, 0.2) is 0 Å². The summed E-state index contributed by atoms with van der Waals surface area (Å²) in [5, 5.41) is 2.30. The fraction of sp³-hybridized carbons (Fsp3) is 0.308. The zero-order valence-corrected chi connectivity index (χ0v) is 14.4. The maximum absolute atomic E-state index is 12.5. The molecule has 0 radical (unpaired) electrons. The Morgan fingerprint density at radius 3 is 2.23 bits per heavy atom. The highest BCUT2D eigenvalue weighted by Gasteiger charge is 2.48. The summed E-state index contributed by atoms with van der Waals surface area (Å²) in [6.07, 6.45) is 0. The molecule has 118 valence electrons. The minimum Gasteiger partial charge on any atom is -0.319 e. The number of nitrogens with zero attached hydrogens (tertiary/aromatic N) is 2. The zero-order chi connectivity index (χ0) is 16.9. The first kappa shape index (κ1) is 18.2. The van der Waals surface area contributed by atoms with Gasteiger partial charge in [0.25, 0.3) is 11.8 Å². The van der Waals surface area contributed by atoms with Gasteiger partial charge in [-0.05, 0) is 53.8 Å². The fourth-order valence-corrected chi connectivity index (χ4v) is 2.07. The molecule has 0 aliphatic carbocycles. The summed E-state index contributed by atoms with van der Waals surface area (Å²) < 4.78 is 0.929. The molecule has 0 fully saturated rings. The second-order valence-corrected chi connectivity index (χ2v) is 5.79. The van der Waals surface area contributed by atoms with Gasteiger partial charge in [-0.25, -0.2) is 5.43 Å². The molecule has 22 heavy (non-hydrogen) atoms. The second kappa shape index (κ2) is 7.40. The number of nitrogens with one attached hydrogen (secondary N) is 2. The lowest BCUT2D eigenvalue weighted by atomic mass is 9.97. The first-order chi connectivity index (χ1) is 10.3. The van der Waals surface area contributed by atoms with Gasteiger partial charge in [-0.3, -0.25) is 19.8 Å². The van der Waals surface area contributed by atoms with E-state index in [1.54, 1.807) is 24.3 Å². The van der Waals surface area contributed by atoms with Crippen LogP contribution in [-0.2, 0) is 9.59 Å². The average molecular weight is 418 g/mol. The Hall–Kier alpha value is -1.88. The normalized spacial score (nSPS) is 12.9. The van der Waals surface area contributed by atoms with Crippen molar-refractivity contribution in [1.29, 1.82) is 0 Å². The van der Waals surface area contributed by atoms with Gasteiger partial charge >= 0.3 is 5.91 Å². The first-order valence-corrected chi connectivity index (χ1v) is 7.25. The number of hydrogen-bond donors (Lipinski definition) is 2. The predicted octanol–water partition coefficient (Wildman–Crippen LogP) is 0.665. The minimum atomic E-state index is -2.05. The van der Waals surface area contributed by atoms with Crippen molar-refractivity contribution >= 4 is 40.3 Å². The van der Waals surface area contributed by atoms with E-state index in [1.807, 2.05) is 0 Å². The number of rotatable bonds is 5. The van der Waals surface area contributed by atoms with Gasteiger partial charge in [-0.1, -0.05) is 0 Å². The number of benzene rings is 1. The Kier molecular flexibility index (Phi) is 6.11. The Balaban J connectivity index is 3.21. The molecule has 1 aromatic carbocycles. The van der Waals surface area contributed by atoms with Crippen LogP contribution in [0.15, 0.2) is 29.4 Å². The monoisotopic (exact) mass is 418 g/mol. The van der Waals surface area contributed by atoms with Crippen molar-refractivity contribution in [3.8, 4) is 0 Å². The number of amides is 3. The third-order valence-electron chi connectivity index (χ3n) is 3.25. The highest BCUT2D eigenvalue weighted by atomic mass is 127. The van der Waals surface area contributed by atoms with Crippen molar-refractivity contribution in [3.05, 3.63) is 38.3 Å². The summed E-state index contributed by atoms with van der Waals surface area (Å²) in [6.45, 7) is 1.16. The predicted molar refractivity (Wildman–Crippen MR) is 87.7 cm³/mol. The number of carbonyl (C=O) groups excluding carboxylic acids is 3. The van der Waals surface area contributed by atoms with Gasteiger partial charge < -0.3 is 4.90 Å². The number of likely N-dealkylation sites (N-methyl/N-ethyl adjacent to an activating group) is 1. The first-order valence-electron chi connectivity index (χ1n) is 6.17. The van der Waals surface area contributed by atoms with E-state index >= 15 is 0 Å². The van der Waals surface area contributed by atoms with Gasteiger partial charge in [-0.15, -0.1) is 4.91 Å². The molecule has 0 saturated heterocycles. The highest BCUT2D eigenvalue weighted by molar-refractivity contribution is 14.1. The van der Waals surface area contributed by atoms with Crippen LogP contribution in [-0.4, -0.2) is 42.3 Å². The maximum Gasteiger partial charge on any atom is 0.321 e. The van der Waals surface area contributed by atoms with E-state index < -0.39 is 23.3 Å². The summed E-state index contributed by atoms with van der Waals surface area (Å²) in [7, 11) is 2.68. The molecular formula is C13H15IN4O4. The molecule has 0 bridgehead atoms. The molecular weight excluding hydrogens is 403 g/mol. The maximum atomic E-state index is 12.5. The number of hydrazine groups is 1. The van der Waals surface area contributed by atoms with Gasteiger partial charge in [0.1, 0.15) is 0 Å². The van der Waals surface area contributed by atoms with Crippen molar-refractivity contribution in [1.82, 2.24) is 15.8 Å². The summed E-state index contributed by atoms with van der Waals surface area (Å²) in [6, 6.07) is 6.56. The van der Waals surface area contributed by atoms with Crippen molar-refractivity contribution in [3.63, 3.8) is 0 Å². The molecule has 0 saturated carbocycles. The number of carbonyl (C=O) groups is 3. The lowest BCUT2D eigenvalue weighted by Gasteiger charge is -2.33. The molecule has 1 rings (SSSR count). The van der Waals surface area contributed by atoms with Crippen LogP contribution in [0.3, 0.4) is 0 Å². The molecule has 0 aliphatic heterocycles. The Bertz CT molecular complexity index is 605. The quantitative estimate of drug-likeness (QED) is 0.316.